The molecule has 0 N–H and O–H groups in total. The van der Waals surface area contributed by atoms with Gasteiger partial charge in [-0.05, 0) is 100.0 Å². The maximum absolute atomic E-state index is 13.7. The number of anilines is 1. The highest BCUT2D eigenvalue weighted by Gasteiger charge is 2.30. The van der Waals surface area contributed by atoms with Crippen molar-refractivity contribution in [2.24, 2.45) is 11.8 Å². The molecule has 38 heavy (non-hydrogen) atoms. The molecule has 8 heteroatoms. The van der Waals surface area contributed by atoms with Crippen molar-refractivity contribution in [2.75, 3.05) is 51.3 Å². The van der Waals surface area contributed by atoms with E-state index in [-0.39, 0.29) is 23.5 Å². The standard InChI is InChI=1S/C30H39ClFN3O3/c1-22(36)34-18-12-25(13-19-34)30(37)35(27-8-9-29(38-2)28(31)21-27)15-3-14-33-16-10-24(11-17-33)20-23-4-6-26(32)7-5-23/h4-9,21,24-25H,3,10-20H2,1-2H3. The molecule has 0 saturated carbocycles. The molecule has 0 radical (unpaired) electrons. The van der Waals surface area contributed by atoms with Gasteiger partial charge < -0.3 is 19.4 Å². The highest BCUT2D eigenvalue weighted by Crippen LogP contribution is 2.31. The van der Waals surface area contributed by atoms with Crippen LogP contribution in [-0.2, 0) is 16.0 Å². The Kier molecular flexibility index (Phi) is 10.0. The lowest BCUT2D eigenvalue weighted by Crippen LogP contribution is -2.45. The number of carbonyl (C=O) groups excluding carboxylic acids is 2. The zero-order valence-corrected chi connectivity index (χ0v) is 23.3. The van der Waals surface area contributed by atoms with Crippen molar-refractivity contribution in [3.8, 4) is 5.75 Å². The van der Waals surface area contributed by atoms with Gasteiger partial charge in [0.15, 0.2) is 0 Å². The van der Waals surface area contributed by atoms with Gasteiger partial charge >= 0.3 is 0 Å². The third-order valence-corrected chi connectivity index (χ3v) is 8.30. The van der Waals surface area contributed by atoms with Crippen LogP contribution in [0.1, 0.15) is 44.6 Å². The molecule has 0 atom stereocenters. The largest absolute Gasteiger partial charge is 0.495 e. The van der Waals surface area contributed by atoms with Crippen LogP contribution in [-0.4, -0.2) is 68.0 Å². The van der Waals surface area contributed by atoms with Gasteiger partial charge in [0.05, 0.1) is 12.1 Å². The fourth-order valence-corrected chi connectivity index (χ4v) is 5.92. The predicted octanol–water partition coefficient (Wildman–Crippen LogP) is 5.42. The van der Waals surface area contributed by atoms with Gasteiger partial charge in [-0.2, -0.15) is 0 Å². The fourth-order valence-electron chi connectivity index (χ4n) is 5.67. The van der Waals surface area contributed by atoms with Crippen LogP contribution in [0, 0.1) is 17.7 Å². The van der Waals surface area contributed by atoms with E-state index in [1.54, 1.807) is 26.2 Å². The van der Waals surface area contributed by atoms with E-state index in [2.05, 4.69) is 4.90 Å². The van der Waals surface area contributed by atoms with Crippen LogP contribution in [0.3, 0.4) is 0 Å². The summed E-state index contributed by atoms with van der Waals surface area (Å²) in [6.07, 6.45) is 5.48. The van der Waals surface area contributed by atoms with Crippen molar-refractivity contribution in [1.29, 1.82) is 0 Å². The summed E-state index contributed by atoms with van der Waals surface area (Å²) in [4.78, 5) is 31.6. The zero-order valence-electron chi connectivity index (χ0n) is 22.5. The first kappa shape index (κ1) is 28.4. The van der Waals surface area contributed by atoms with E-state index in [0.717, 1.165) is 51.0 Å². The second-order valence-electron chi connectivity index (χ2n) is 10.6. The third kappa shape index (κ3) is 7.48. The number of rotatable bonds is 9. The molecule has 4 rings (SSSR count). The van der Waals surface area contributed by atoms with E-state index in [1.165, 1.54) is 5.56 Å². The molecule has 2 saturated heterocycles. The number of methoxy groups -OCH3 is 1. The van der Waals surface area contributed by atoms with Crippen molar-refractivity contribution in [3.05, 3.63) is 58.9 Å². The number of carbonyl (C=O) groups is 2. The van der Waals surface area contributed by atoms with Crippen molar-refractivity contribution >= 4 is 29.1 Å². The van der Waals surface area contributed by atoms with Crippen LogP contribution < -0.4 is 9.64 Å². The molecule has 206 valence electrons. The lowest BCUT2D eigenvalue weighted by atomic mass is 9.90. The summed E-state index contributed by atoms with van der Waals surface area (Å²) in [7, 11) is 1.58. The van der Waals surface area contributed by atoms with Crippen molar-refractivity contribution < 1.29 is 18.7 Å². The van der Waals surface area contributed by atoms with Crippen LogP contribution in [0.25, 0.3) is 0 Å². The highest BCUT2D eigenvalue weighted by molar-refractivity contribution is 6.32. The SMILES string of the molecule is COc1ccc(N(CCCN2CCC(Cc3ccc(F)cc3)CC2)C(=O)C2CCN(C(C)=O)CC2)cc1Cl. The highest BCUT2D eigenvalue weighted by atomic mass is 35.5. The van der Waals surface area contributed by atoms with Crippen molar-refractivity contribution in [3.63, 3.8) is 0 Å². The molecule has 2 aromatic carbocycles. The minimum absolute atomic E-state index is 0.0659. The average molecular weight is 544 g/mol. The number of ether oxygens (including phenoxy) is 1. The summed E-state index contributed by atoms with van der Waals surface area (Å²) in [5.74, 6) is 1.09. The normalized spacial score (nSPS) is 17.4. The molecule has 6 nitrogen and oxygen atoms in total. The number of halogens is 2. The lowest BCUT2D eigenvalue weighted by Gasteiger charge is -2.35. The van der Waals surface area contributed by atoms with Crippen LogP contribution >= 0.6 is 11.6 Å². The molecule has 2 aliphatic heterocycles. The topological polar surface area (TPSA) is 53.1 Å². The van der Waals surface area contributed by atoms with E-state index in [0.29, 0.717) is 49.2 Å². The minimum Gasteiger partial charge on any atom is -0.495 e. The van der Waals surface area contributed by atoms with E-state index in [4.69, 9.17) is 16.3 Å². The van der Waals surface area contributed by atoms with Gasteiger partial charge in [-0.3, -0.25) is 9.59 Å². The summed E-state index contributed by atoms with van der Waals surface area (Å²) in [6.45, 7) is 6.45. The van der Waals surface area contributed by atoms with E-state index in [1.807, 2.05) is 40.1 Å². The second-order valence-corrected chi connectivity index (χ2v) is 11.0. The molecule has 2 aromatic rings. The predicted molar refractivity (Wildman–Crippen MR) is 149 cm³/mol. The summed E-state index contributed by atoms with van der Waals surface area (Å²) < 4.78 is 18.5. The van der Waals surface area contributed by atoms with Gasteiger partial charge in [-0.25, -0.2) is 4.39 Å². The lowest BCUT2D eigenvalue weighted by molar-refractivity contribution is -0.133. The summed E-state index contributed by atoms with van der Waals surface area (Å²) >= 11 is 6.42. The smallest absolute Gasteiger partial charge is 0.230 e. The maximum Gasteiger partial charge on any atom is 0.230 e. The Morgan fingerprint density at radius 2 is 1.71 bits per heavy atom. The average Bonchev–Trinajstić information content (AvgIpc) is 2.93. The summed E-state index contributed by atoms with van der Waals surface area (Å²) in [5, 5.41) is 0.484. The summed E-state index contributed by atoms with van der Waals surface area (Å²) in [5.41, 5.74) is 1.99. The van der Waals surface area contributed by atoms with Crippen molar-refractivity contribution in [2.45, 2.75) is 45.4 Å². The van der Waals surface area contributed by atoms with Gasteiger partial charge in [-0.1, -0.05) is 23.7 Å². The number of benzene rings is 2. The van der Waals surface area contributed by atoms with Crippen molar-refractivity contribution in [1.82, 2.24) is 9.80 Å². The first-order chi connectivity index (χ1) is 18.3. The van der Waals surface area contributed by atoms with Crippen LogP contribution in [0.15, 0.2) is 42.5 Å². The quantitative estimate of drug-likeness (QED) is 0.423. The Hall–Kier alpha value is -2.64. The molecule has 0 bridgehead atoms. The van der Waals surface area contributed by atoms with Gasteiger partial charge in [-0.15, -0.1) is 0 Å². The number of hydrogen-bond donors (Lipinski definition) is 0. The molecule has 2 aliphatic rings. The van der Waals surface area contributed by atoms with Gasteiger partial charge in [0.2, 0.25) is 11.8 Å². The number of nitrogens with zero attached hydrogens (tertiary/aromatic N) is 3. The molecular weight excluding hydrogens is 505 g/mol. The van der Waals surface area contributed by atoms with E-state index in [9.17, 15) is 14.0 Å². The molecule has 0 spiro atoms. The Morgan fingerprint density at radius 3 is 2.32 bits per heavy atom. The third-order valence-electron chi connectivity index (χ3n) is 8.00. The molecule has 0 aromatic heterocycles. The van der Waals surface area contributed by atoms with Crippen LogP contribution in [0.5, 0.6) is 5.75 Å². The zero-order chi connectivity index (χ0) is 27.1. The Balaban J connectivity index is 1.32. The molecule has 2 amide bonds. The first-order valence-corrected chi connectivity index (χ1v) is 14.1. The first-order valence-electron chi connectivity index (χ1n) is 13.7. The number of likely N-dealkylation sites (tertiary alicyclic amines) is 2. The molecule has 2 heterocycles. The Bertz CT molecular complexity index is 1080. The molecule has 0 unspecified atom stereocenters. The number of piperidine rings is 2. The monoisotopic (exact) mass is 543 g/mol. The van der Waals surface area contributed by atoms with Gasteiger partial charge in [0.25, 0.3) is 0 Å². The van der Waals surface area contributed by atoms with Crippen LogP contribution in [0.4, 0.5) is 10.1 Å². The Morgan fingerprint density at radius 1 is 1.03 bits per heavy atom. The van der Waals surface area contributed by atoms with Gasteiger partial charge in [0, 0.05) is 38.2 Å². The van der Waals surface area contributed by atoms with Crippen LogP contribution in [0.2, 0.25) is 5.02 Å². The summed E-state index contributed by atoms with van der Waals surface area (Å²) in [6, 6.07) is 12.4. The van der Waals surface area contributed by atoms with E-state index < -0.39 is 0 Å². The number of hydrogen-bond acceptors (Lipinski definition) is 4. The maximum atomic E-state index is 13.7. The Labute approximate surface area is 230 Å². The van der Waals surface area contributed by atoms with E-state index >= 15 is 0 Å². The fraction of sp³-hybridized carbons (Fsp3) is 0.533. The van der Waals surface area contributed by atoms with Gasteiger partial charge in [0.1, 0.15) is 11.6 Å². The second kappa shape index (κ2) is 13.4. The number of amides is 2. The molecular formula is C30H39ClFN3O3. The molecule has 0 aliphatic carbocycles. The minimum atomic E-state index is -0.186. The molecule has 2 fully saturated rings.